The predicted octanol–water partition coefficient (Wildman–Crippen LogP) is 5.97. The van der Waals surface area contributed by atoms with E-state index in [1.54, 1.807) is 6.07 Å². The van der Waals surface area contributed by atoms with Crippen LogP contribution in [0.3, 0.4) is 0 Å². The van der Waals surface area contributed by atoms with Crippen LogP contribution in [-0.2, 0) is 0 Å². The van der Waals surface area contributed by atoms with Crippen LogP contribution < -0.4 is 0 Å². The molecule has 0 N–H and O–H groups in total. The van der Waals surface area contributed by atoms with Gasteiger partial charge in [0.1, 0.15) is 0 Å². The summed E-state index contributed by atoms with van der Waals surface area (Å²) >= 11 is 0. The first-order valence-electron chi connectivity index (χ1n) is 8.75. The number of hydrogen-bond acceptors (Lipinski definition) is 0. The third-order valence-corrected chi connectivity index (χ3v) is 5.92. The van der Waals surface area contributed by atoms with Gasteiger partial charge in [0.05, 0.1) is 0 Å². The van der Waals surface area contributed by atoms with Crippen LogP contribution in [0.25, 0.3) is 0 Å². The lowest BCUT2D eigenvalue weighted by Crippen LogP contribution is -2.26. The molecule has 0 heterocycles. The lowest BCUT2D eigenvalue weighted by Gasteiger charge is -2.35. The van der Waals surface area contributed by atoms with Crippen LogP contribution in [0.1, 0.15) is 44.2 Å². The summed E-state index contributed by atoms with van der Waals surface area (Å²) in [6.07, 6.45) is 3.53. The highest BCUT2D eigenvalue weighted by molar-refractivity contribution is 5.52. The Kier molecular flexibility index (Phi) is 3.74. The first-order chi connectivity index (χ1) is 11.5. The molecule has 2 heteroatoms. The minimum absolute atomic E-state index is 0.138. The summed E-state index contributed by atoms with van der Waals surface area (Å²) in [5.41, 5.74) is 2.01. The Morgan fingerprint density at radius 1 is 0.792 bits per heavy atom. The second-order valence-electron chi connectivity index (χ2n) is 7.59. The molecule has 0 aliphatic heterocycles. The predicted molar refractivity (Wildman–Crippen MR) is 92.1 cm³/mol. The Balaban J connectivity index is 1.81. The topological polar surface area (TPSA) is 0 Å². The third kappa shape index (κ3) is 2.30. The minimum atomic E-state index is -0.773. The van der Waals surface area contributed by atoms with Crippen molar-refractivity contribution in [3.8, 4) is 0 Å². The van der Waals surface area contributed by atoms with E-state index in [0.29, 0.717) is 11.8 Å². The van der Waals surface area contributed by atoms with Crippen molar-refractivity contribution in [3.05, 3.63) is 83.1 Å². The van der Waals surface area contributed by atoms with E-state index < -0.39 is 11.6 Å². The van der Waals surface area contributed by atoms with Crippen LogP contribution in [0.5, 0.6) is 0 Å². The monoisotopic (exact) mass is 324 g/mol. The Morgan fingerprint density at radius 2 is 1.42 bits per heavy atom. The molecule has 2 aliphatic carbocycles. The maximum Gasteiger partial charge on any atom is 0.159 e. The Bertz CT molecular complexity index is 735. The molecule has 2 aliphatic rings. The fourth-order valence-electron chi connectivity index (χ4n) is 5.15. The largest absolute Gasteiger partial charge is 0.204 e. The standard InChI is InChI=1S/C22H22F2/c1-22(2)20(14-7-4-3-5-8-14)16-9-6-10-17(16)21(22)15-11-12-18(23)19(24)13-15/h3-5,7-8,11-13,16-17H,6,9-10H2,1-2H3. The molecule has 2 unspecified atom stereocenters. The van der Waals surface area contributed by atoms with Crippen LogP contribution in [0.15, 0.2) is 48.5 Å². The van der Waals surface area contributed by atoms with Crippen LogP contribution in [0.2, 0.25) is 0 Å². The van der Waals surface area contributed by atoms with Crippen molar-refractivity contribution in [1.82, 2.24) is 0 Å². The smallest absolute Gasteiger partial charge is 0.159 e. The first kappa shape index (κ1) is 15.8. The Hall–Kier alpha value is -1.70. The summed E-state index contributed by atoms with van der Waals surface area (Å²) in [6.45, 7) is 4.48. The average Bonchev–Trinajstić information content (AvgIpc) is 3.08. The molecule has 124 valence electrons. The van der Waals surface area contributed by atoms with E-state index in [2.05, 4.69) is 38.1 Å². The molecule has 2 radical (unpaired) electrons. The molecule has 0 spiro atoms. The van der Waals surface area contributed by atoms with Crippen LogP contribution in [0.4, 0.5) is 8.78 Å². The summed E-state index contributed by atoms with van der Waals surface area (Å²) in [5.74, 6) is 2.18. The van der Waals surface area contributed by atoms with E-state index in [1.165, 1.54) is 42.4 Å². The summed E-state index contributed by atoms with van der Waals surface area (Å²) in [5, 5.41) is 0. The average molecular weight is 324 g/mol. The van der Waals surface area contributed by atoms with Crippen LogP contribution in [-0.4, -0.2) is 0 Å². The fourth-order valence-corrected chi connectivity index (χ4v) is 5.15. The zero-order valence-corrected chi connectivity index (χ0v) is 14.2. The molecule has 24 heavy (non-hydrogen) atoms. The molecule has 0 bridgehead atoms. The quantitative estimate of drug-likeness (QED) is 0.639. The van der Waals surface area contributed by atoms with Gasteiger partial charge >= 0.3 is 0 Å². The lowest BCUT2D eigenvalue weighted by atomic mass is 9.68. The van der Waals surface area contributed by atoms with Crippen molar-refractivity contribution in [3.63, 3.8) is 0 Å². The van der Waals surface area contributed by atoms with Gasteiger partial charge in [-0.25, -0.2) is 8.78 Å². The second kappa shape index (κ2) is 5.68. The van der Waals surface area contributed by atoms with Crippen molar-refractivity contribution in [2.45, 2.75) is 33.1 Å². The van der Waals surface area contributed by atoms with Crippen molar-refractivity contribution in [1.29, 1.82) is 0 Å². The van der Waals surface area contributed by atoms with Crippen molar-refractivity contribution < 1.29 is 8.78 Å². The SMILES string of the molecule is CC1(C)[C](c2ccccc2)C2CCCC2[C]1c1ccc(F)c(F)c1. The van der Waals surface area contributed by atoms with Gasteiger partial charge in [0.15, 0.2) is 11.6 Å². The van der Waals surface area contributed by atoms with Gasteiger partial charge in [-0.05, 0) is 53.4 Å². The highest BCUT2D eigenvalue weighted by Crippen LogP contribution is 2.65. The summed E-state index contributed by atoms with van der Waals surface area (Å²) in [6, 6.07) is 15.0. The zero-order valence-electron chi connectivity index (χ0n) is 14.2. The highest BCUT2D eigenvalue weighted by Gasteiger charge is 2.57. The van der Waals surface area contributed by atoms with Gasteiger partial charge in [-0.2, -0.15) is 0 Å². The van der Waals surface area contributed by atoms with Crippen molar-refractivity contribution in [2.75, 3.05) is 0 Å². The minimum Gasteiger partial charge on any atom is -0.204 e. The molecule has 2 fully saturated rings. The van der Waals surface area contributed by atoms with Gasteiger partial charge in [-0.15, -0.1) is 0 Å². The number of benzene rings is 2. The first-order valence-corrected chi connectivity index (χ1v) is 8.75. The van der Waals surface area contributed by atoms with E-state index in [4.69, 9.17) is 0 Å². The lowest BCUT2D eigenvalue weighted by molar-refractivity contribution is 0.434. The summed E-state index contributed by atoms with van der Waals surface area (Å²) in [4.78, 5) is 0. The molecular weight excluding hydrogens is 302 g/mol. The maximum absolute atomic E-state index is 13.9. The summed E-state index contributed by atoms with van der Waals surface area (Å²) < 4.78 is 27.3. The molecule has 0 saturated heterocycles. The fraction of sp³-hybridized carbons (Fsp3) is 0.364. The molecule has 4 rings (SSSR count). The normalized spacial score (nSPS) is 26.7. The van der Waals surface area contributed by atoms with E-state index in [9.17, 15) is 8.78 Å². The molecule has 0 aromatic heterocycles. The molecule has 0 amide bonds. The second-order valence-corrected chi connectivity index (χ2v) is 7.59. The maximum atomic E-state index is 13.9. The molecule has 2 aromatic carbocycles. The van der Waals surface area contributed by atoms with Crippen molar-refractivity contribution >= 4 is 0 Å². The van der Waals surface area contributed by atoms with Gasteiger partial charge in [0, 0.05) is 11.8 Å². The highest BCUT2D eigenvalue weighted by atomic mass is 19.2. The number of rotatable bonds is 2. The molecular formula is C22H22F2. The van der Waals surface area contributed by atoms with E-state index in [1.807, 2.05) is 6.07 Å². The van der Waals surface area contributed by atoms with Crippen molar-refractivity contribution in [2.24, 2.45) is 17.3 Å². The Morgan fingerprint density at radius 3 is 2.04 bits per heavy atom. The number of fused-ring (bicyclic) bond motifs is 1. The molecule has 2 aromatic rings. The van der Waals surface area contributed by atoms with Crippen LogP contribution in [0, 0.1) is 40.7 Å². The molecule has 0 nitrogen and oxygen atoms in total. The summed E-state index contributed by atoms with van der Waals surface area (Å²) in [7, 11) is 0. The van der Waals surface area contributed by atoms with Gasteiger partial charge in [0.2, 0.25) is 0 Å². The third-order valence-electron chi connectivity index (χ3n) is 5.92. The molecule has 2 saturated carbocycles. The van der Waals surface area contributed by atoms with E-state index in [0.717, 1.165) is 12.0 Å². The zero-order chi connectivity index (χ0) is 16.9. The molecule has 2 atom stereocenters. The van der Waals surface area contributed by atoms with Gasteiger partial charge in [-0.1, -0.05) is 56.7 Å². The van der Waals surface area contributed by atoms with Gasteiger partial charge < -0.3 is 0 Å². The number of halogens is 2. The van der Waals surface area contributed by atoms with E-state index >= 15 is 0 Å². The van der Waals surface area contributed by atoms with Crippen LogP contribution >= 0.6 is 0 Å². The Labute approximate surface area is 142 Å². The van der Waals surface area contributed by atoms with Gasteiger partial charge in [-0.3, -0.25) is 0 Å². The van der Waals surface area contributed by atoms with E-state index in [-0.39, 0.29) is 5.41 Å². The number of hydrogen-bond donors (Lipinski definition) is 0. The van der Waals surface area contributed by atoms with Gasteiger partial charge in [0.25, 0.3) is 0 Å².